The number of ether oxygens (including phenoxy) is 1. The first-order chi connectivity index (χ1) is 9.96. The highest BCUT2D eigenvalue weighted by atomic mass is 28.4. The van der Waals surface area contributed by atoms with Gasteiger partial charge in [0.05, 0.1) is 25.2 Å². The van der Waals surface area contributed by atoms with Crippen LogP contribution in [0.1, 0.15) is 34.1 Å². The molecule has 1 rings (SSSR count). The maximum Gasteiger partial charge on any atom is 0.309 e. The Bertz CT molecular complexity index is 413. The summed E-state index contributed by atoms with van der Waals surface area (Å²) in [6, 6.07) is 0. The minimum atomic E-state index is -1.99. The summed E-state index contributed by atoms with van der Waals surface area (Å²) in [4.78, 5) is 12.0. The molecule has 0 bridgehead atoms. The Kier molecular flexibility index (Phi) is 6.04. The molecular weight excluding hydrogens is 296 g/mol. The van der Waals surface area contributed by atoms with Gasteiger partial charge in [-0.05, 0) is 30.5 Å². The molecule has 0 aromatic carbocycles. The summed E-state index contributed by atoms with van der Waals surface area (Å²) in [5.74, 6) is -0.837. The van der Waals surface area contributed by atoms with E-state index in [1.54, 1.807) is 6.08 Å². The Hall–Kier alpha value is -0.653. The largest absolute Gasteiger partial charge is 0.469 e. The van der Waals surface area contributed by atoms with Crippen molar-refractivity contribution in [3.8, 4) is 0 Å². The van der Waals surface area contributed by atoms with Gasteiger partial charge in [-0.2, -0.15) is 0 Å². The quantitative estimate of drug-likeness (QED) is 0.488. The average Bonchev–Trinajstić information content (AvgIpc) is 2.40. The van der Waals surface area contributed by atoms with Gasteiger partial charge in [0.25, 0.3) is 0 Å². The van der Waals surface area contributed by atoms with E-state index in [9.17, 15) is 9.90 Å². The van der Waals surface area contributed by atoms with Gasteiger partial charge in [0.15, 0.2) is 8.32 Å². The highest BCUT2D eigenvalue weighted by Gasteiger charge is 2.48. The summed E-state index contributed by atoms with van der Waals surface area (Å²) in [5.41, 5.74) is 0. The van der Waals surface area contributed by atoms with E-state index in [4.69, 9.17) is 9.16 Å². The zero-order valence-corrected chi connectivity index (χ0v) is 16.1. The first kappa shape index (κ1) is 19.4. The van der Waals surface area contributed by atoms with Crippen molar-refractivity contribution in [2.75, 3.05) is 7.11 Å². The van der Waals surface area contributed by atoms with Crippen molar-refractivity contribution >= 4 is 14.3 Å². The summed E-state index contributed by atoms with van der Waals surface area (Å²) in [7, 11) is -0.600. The van der Waals surface area contributed by atoms with Crippen molar-refractivity contribution in [3.63, 3.8) is 0 Å². The highest BCUT2D eigenvalue weighted by molar-refractivity contribution is 6.74. The fourth-order valence-electron chi connectivity index (χ4n) is 2.90. The topological polar surface area (TPSA) is 55.8 Å². The molecule has 0 saturated heterocycles. The maximum absolute atomic E-state index is 12.0. The van der Waals surface area contributed by atoms with E-state index in [1.165, 1.54) is 7.11 Å². The lowest BCUT2D eigenvalue weighted by Gasteiger charge is -2.47. The molecule has 0 unspecified atom stereocenters. The Balaban J connectivity index is 3.00. The van der Waals surface area contributed by atoms with Gasteiger partial charge in [-0.1, -0.05) is 33.8 Å². The minimum absolute atomic E-state index is 0.0787. The second kappa shape index (κ2) is 6.85. The van der Waals surface area contributed by atoms with Crippen molar-refractivity contribution in [3.05, 3.63) is 12.7 Å². The third-order valence-electron chi connectivity index (χ3n) is 5.40. The Labute approximate surface area is 136 Å². The summed E-state index contributed by atoms with van der Waals surface area (Å²) in [5, 5.41) is 10.8. The molecule has 5 atom stereocenters. The molecule has 128 valence electrons. The number of aliphatic hydroxyl groups excluding tert-OH is 1. The first-order valence-electron chi connectivity index (χ1n) is 8.02. The number of hydrogen-bond acceptors (Lipinski definition) is 4. The van der Waals surface area contributed by atoms with E-state index in [0.29, 0.717) is 6.42 Å². The maximum atomic E-state index is 12.0. The van der Waals surface area contributed by atoms with E-state index in [0.717, 1.165) is 0 Å². The molecule has 5 heteroatoms. The molecule has 1 fully saturated rings. The molecule has 0 spiro atoms. The Morgan fingerprint density at radius 3 is 2.32 bits per heavy atom. The van der Waals surface area contributed by atoms with Gasteiger partial charge < -0.3 is 14.3 Å². The van der Waals surface area contributed by atoms with Crippen LogP contribution in [0.4, 0.5) is 0 Å². The number of aliphatic hydroxyl groups is 1. The van der Waals surface area contributed by atoms with Crippen LogP contribution in [0, 0.1) is 17.8 Å². The van der Waals surface area contributed by atoms with Gasteiger partial charge >= 0.3 is 5.97 Å². The van der Waals surface area contributed by atoms with Crippen LogP contribution in [0.2, 0.25) is 18.1 Å². The molecular formula is C17H32O4Si. The van der Waals surface area contributed by atoms with Gasteiger partial charge in [0, 0.05) is 5.92 Å². The zero-order valence-electron chi connectivity index (χ0n) is 15.1. The molecule has 1 N–H and O–H groups in total. The predicted octanol–water partition coefficient (Wildman–Crippen LogP) is 3.37. The second-order valence-electron chi connectivity index (χ2n) is 7.99. The average molecular weight is 329 g/mol. The van der Waals surface area contributed by atoms with Crippen molar-refractivity contribution in [1.82, 2.24) is 0 Å². The van der Waals surface area contributed by atoms with Crippen LogP contribution in [0.3, 0.4) is 0 Å². The third kappa shape index (κ3) is 3.81. The summed E-state index contributed by atoms with van der Waals surface area (Å²) in [6.07, 6.45) is 1.34. The smallest absolute Gasteiger partial charge is 0.309 e. The van der Waals surface area contributed by atoms with Gasteiger partial charge in [-0.3, -0.25) is 4.79 Å². The molecule has 0 heterocycles. The van der Waals surface area contributed by atoms with Gasteiger partial charge in [-0.25, -0.2) is 0 Å². The predicted molar refractivity (Wildman–Crippen MR) is 91.1 cm³/mol. The van der Waals surface area contributed by atoms with E-state index in [2.05, 4.69) is 40.4 Å². The summed E-state index contributed by atoms with van der Waals surface area (Å²) in [6.45, 7) is 16.7. The monoisotopic (exact) mass is 328 g/mol. The first-order valence-corrected chi connectivity index (χ1v) is 10.9. The number of methoxy groups -OCH3 is 1. The molecule has 4 nitrogen and oxygen atoms in total. The SMILES string of the molecule is C=C[C@H]1[C@@H](O)[C@H](O[Si](C)(C)C(C)(C)C)[C@H](C)C[C@@H]1C(=O)OC. The second-order valence-corrected chi connectivity index (χ2v) is 12.7. The fraction of sp³-hybridized carbons (Fsp3) is 0.824. The van der Waals surface area contributed by atoms with Crippen molar-refractivity contribution in [1.29, 1.82) is 0 Å². The number of esters is 1. The number of carbonyl (C=O) groups is 1. The van der Waals surface area contributed by atoms with Crippen molar-refractivity contribution < 1.29 is 19.1 Å². The lowest BCUT2D eigenvalue weighted by atomic mass is 9.71. The number of rotatable bonds is 4. The molecule has 1 saturated carbocycles. The molecule has 0 aliphatic heterocycles. The van der Waals surface area contributed by atoms with Crippen LogP contribution in [-0.4, -0.2) is 38.7 Å². The summed E-state index contributed by atoms with van der Waals surface area (Å²) < 4.78 is 11.3. The van der Waals surface area contributed by atoms with Gasteiger partial charge in [0.2, 0.25) is 0 Å². The molecule has 0 aromatic heterocycles. The number of carbonyl (C=O) groups excluding carboxylic acids is 1. The Morgan fingerprint density at radius 1 is 1.36 bits per heavy atom. The number of hydrogen-bond donors (Lipinski definition) is 1. The zero-order chi connectivity index (χ0) is 17.3. The molecule has 1 aliphatic carbocycles. The molecule has 22 heavy (non-hydrogen) atoms. The van der Waals surface area contributed by atoms with E-state index in [-0.39, 0.29) is 34.9 Å². The van der Waals surface area contributed by atoms with E-state index < -0.39 is 14.4 Å². The van der Waals surface area contributed by atoms with Crippen LogP contribution >= 0.6 is 0 Å². The lowest BCUT2D eigenvalue weighted by Crippen LogP contribution is -2.55. The van der Waals surface area contributed by atoms with Crippen molar-refractivity contribution in [2.45, 2.75) is 64.5 Å². The van der Waals surface area contributed by atoms with Crippen LogP contribution in [-0.2, 0) is 14.0 Å². The van der Waals surface area contributed by atoms with Crippen LogP contribution < -0.4 is 0 Å². The minimum Gasteiger partial charge on any atom is -0.469 e. The van der Waals surface area contributed by atoms with Crippen LogP contribution in [0.5, 0.6) is 0 Å². The van der Waals surface area contributed by atoms with Crippen LogP contribution in [0.25, 0.3) is 0 Å². The molecule has 0 aromatic rings. The fourth-order valence-corrected chi connectivity index (χ4v) is 4.30. The van der Waals surface area contributed by atoms with E-state index >= 15 is 0 Å². The standard InChI is InChI=1S/C17H32O4Si/c1-9-12-13(16(19)20-6)10-11(2)15(14(12)18)21-22(7,8)17(3,4)5/h9,11-15,18H,1,10H2,2-8H3/t11-,12-,13+,14-,15-/m1/s1. The normalized spacial score (nSPS) is 33.4. The van der Waals surface area contributed by atoms with E-state index in [1.807, 2.05) is 6.92 Å². The van der Waals surface area contributed by atoms with Crippen LogP contribution in [0.15, 0.2) is 12.7 Å². The molecule has 0 radical (unpaired) electrons. The lowest BCUT2D eigenvalue weighted by molar-refractivity contribution is -0.155. The summed E-state index contributed by atoms with van der Waals surface area (Å²) >= 11 is 0. The van der Waals surface area contributed by atoms with Gasteiger partial charge in [0.1, 0.15) is 0 Å². The molecule has 0 amide bonds. The highest BCUT2D eigenvalue weighted by Crippen LogP contribution is 2.43. The van der Waals surface area contributed by atoms with Crippen molar-refractivity contribution in [2.24, 2.45) is 17.8 Å². The molecule has 1 aliphatic rings. The van der Waals surface area contributed by atoms with Gasteiger partial charge in [-0.15, -0.1) is 6.58 Å². The third-order valence-corrected chi connectivity index (χ3v) is 9.87. The Morgan fingerprint density at radius 2 is 1.91 bits per heavy atom.